The van der Waals surface area contributed by atoms with Crippen molar-refractivity contribution in [1.82, 2.24) is 4.57 Å². The summed E-state index contributed by atoms with van der Waals surface area (Å²) in [6.07, 6.45) is 0. The van der Waals surface area contributed by atoms with E-state index in [-0.39, 0.29) is 22.9 Å². The molecule has 0 radical (unpaired) electrons. The van der Waals surface area contributed by atoms with Crippen LogP contribution in [0.2, 0.25) is 5.02 Å². The second-order valence-electron chi connectivity index (χ2n) is 10.00. The summed E-state index contributed by atoms with van der Waals surface area (Å²) in [4.78, 5) is 55.5. The van der Waals surface area contributed by atoms with Crippen LogP contribution in [0.4, 0.5) is 11.4 Å². The molecule has 4 aromatic rings. The fourth-order valence-electron chi connectivity index (χ4n) is 5.33. The van der Waals surface area contributed by atoms with Crippen LogP contribution >= 0.6 is 34.7 Å². The minimum Gasteiger partial charge on any atom is -0.504 e. The molecule has 2 unspecified atom stereocenters. The number of hydrogen-bond donors (Lipinski definition) is 2. The molecule has 214 valence electrons. The van der Waals surface area contributed by atoms with Gasteiger partial charge in [0.15, 0.2) is 11.5 Å². The maximum atomic E-state index is 14.0. The third-order valence-corrected chi connectivity index (χ3v) is 10.2. The lowest BCUT2D eigenvalue weighted by Crippen LogP contribution is -2.33. The molecule has 1 fully saturated rings. The number of rotatable bonds is 6. The number of ether oxygens (including phenoxy) is 1. The summed E-state index contributed by atoms with van der Waals surface area (Å²) >= 11 is 8.11. The second-order valence-corrected chi connectivity index (χ2v) is 12.6. The number of imide groups is 1. The summed E-state index contributed by atoms with van der Waals surface area (Å²) in [5.74, 6) is -2.66. The Bertz CT molecular complexity index is 1780. The van der Waals surface area contributed by atoms with Gasteiger partial charge in [0.1, 0.15) is 11.8 Å². The molecule has 12 heteroatoms. The van der Waals surface area contributed by atoms with E-state index in [1.54, 1.807) is 48.5 Å². The van der Waals surface area contributed by atoms with Gasteiger partial charge >= 0.3 is 4.87 Å². The molecule has 3 atom stereocenters. The average molecular weight is 622 g/mol. The first-order valence-corrected chi connectivity index (χ1v) is 15.0. The predicted molar refractivity (Wildman–Crippen MR) is 162 cm³/mol. The lowest BCUT2D eigenvalue weighted by molar-refractivity contribution is -0.122. The number of aromatic hydroxyl groups is 1. The van der Waals surface area contributed by atoms with E-state index < -0.39 is 34.8 Å². The lowest BCUT2D eigenvalue weighted by atomic mass is 9.83. The van der Waals surface area contributed by atoms with Crippen molar-refractivity contribution >= 4 is 63.8 Å². The number of methoxy groups -OCH3 is 1. The molecular weight excluding hydrogens is 598 g/mol. The monoisotopic (exact) mass is 621 g/mol. The van der Waals surface area contributed by atoms with E-state index in [4.69, 9.17) is 16.3 Å². The quantitative estimate of drug-likeness (QED) is 0.290. The Labute approximate surface area is 253 Å². The zero-order valence-electron chi connectivity index (χ0n) is 22.4. The van der Waals surface area contributed by atoms with Gasteiger partial charge in [0.05, 0.1) is 23.7 Å². The van der Waals surface area contributed by atoms with E-state index in [0.717, 1.165) is 33.6 Å². The Morgan fingerprint density at radius 1 is 1.02 bits per heavy atom. The van der Waals surface area contributed by atoms with Crippen LogP contribution in [0.5, 0.6) is 11.5 Å². The van der Waals surface area contributed by atoms with E-state index >= 15 is 0 Å². The Kier molecular flexibility index (Phi) is 7.34. The van der Waals surface area contributed by atoms with Crippen molar-refractivity contribution < 1.29 is 24.2 Å². The fraction of sp³-hybridized carbons (Fsp3) is 0.200. The molecule has 3 heterocycles. The molecule has 0 bridgehead atoms. The maximum Gasteiger partial charge on any atom is 0.308 e. The number of thiazole rings is 1. The highest BCUT2D eigenvalue weighted by molar-refractivity contribution is 8.00. The molecule has 0 aliphatic carbocycles. The highest BCUT2D eigenvalue weighted by Gasteiger charge is 2.57. The number of aromatic nitrogens is 1. The molecule has 2 aliphatic rings. The van der Waals surface area contributed by atoms with Crippen molar-refractivity contribution in [3.8, 4) is 11.5 Å². The normalized spacial score (nSPS) is 19.4. The predicted octanol–water partition coefficient (Wildman–Crippen LogP) is 5.02. The first kappa shape index (κ1) is 28.1. The molecule has 3 aromatic carbocycles. The molecule has 9 nitrogen and oxygen atoms in total. The number of nitrogens with zero attached hydrogens (tertiary/aromatic N) is 2. The number of nitrogens with one attached hydrogen (secondary N) is 1. The Hall–Kier alpha value is -4.06. The smallest absolute Gasteiger partial charge is 0.308 e. The number of phenolic OH excluding ortho intramolecular Hbond substituents is 1. The van der Waals surface area contributed by atoms with Crippen LogP contribution in [0.1, 0.15) is 21.9 Å². The summed E-state index contributed by atoms with van der Waals surface area (Å²) in [6, 6.07) is 18.5. The number of hydrogen-bond acceptors (Lipinski definition) is 8. The number of amides is 3. The number of fused-ring (bicyclic) bond motifs is 2. The van der Waals surface area contributed by atoms with Gasteiger partial charge in [0.2, 0.25) is 17.7 Å². The van der Waals surface area contributed by atoms with Gasteiger partial charge in [-0.2, -0.15) is 0 Å². The van der Waals surface area contributed by atoms with Crippen LogP contribution in [0.3, 0.4) is 0 Å². The van der Waals surface area contributed by atoms with E-state index in [0.29, 0.717) is 31.9 Å². The highest BCUT2D eigenvalue weighted by Crippen LogP contribution is 2.54. The average Bonchev–Trinajstić information content (AvgIpc) is 3.41. The molecule has 3 amide bonds. The van der Waals surface area contributed by atoms with Gasteiger partial charge < -0.3 is 15.2 Å². The third kappa shape index (κ3) is 4.87. The number of thioether (sulfide) groups is 1. The lowest BCUT2D eigenvalue weighted by Gasteiger charge is -2.31. The zero-order valence-corrected chi connectivity index (χ0v) is 24.8. The van der Waals surface area contributed by atoms with Crippen LogP contribution in [0.25, 0.3) is 0 Å². The minimum atomic E-state index is -0.856. The van der Waals surface area contributed by atoms with Crippen LogP contribution in [0.15, 0.2) is 76.6 Å². The number of carbonyl (C=O) groups excluding carboxylic acids is 3. The van der Waals surface area contributed by atoms with Crippen molar-refractivity contribution in [2.75, 3.05) is 17.3 Å². The van der Waals surface area contributed by atoms with E-state index in [1.165, 1.54) is 17.7 Å². The second kappa shape index (κ2) is 11.0. The van der Waals surface area contributed by atoms with Crippen LogP contribution in [-0.4, -0.2) is 39.8 Å². The van der Waals surface area contributed by atoms with Crippen molar-refractivity contribution in [2.45, 2.75) is 29.7 Å². The molecule has 42 heavy (non-hydrogen) atoms. The summed E-state index contributed by atoms with van der Waals surface area (Å²) in [6.45, 7) is 1.67. The molecule has 0 spiro atoms. The van der Waals surface area contributed by atoms with Crippen molar-refractivity contribution in [3.63, 3.8) is 0 Å². The van der Waals surface area contributed by atoms with E-state index in [9.17, 15) is 24.3 Å². The number of halogens is 1. The standard InChI is InChI=1S/C30H24ClN3O6S2/c1-15-3-8-18(9-4-15)32-22(36)14-33-29-26(42-30(33)39)23(16-5-12-20(35)21(13-16)40-2)24-25(41-29)28(38)34(27(24)37)19-10-6-17(31)7-11-19/h3-13,23-25,35H,14H2,1-2H3,(H,32,36)/t23-,24?,25?/m0/s1. The molecule has 2 N–H and O–H groups in total. The SMILES string of the molecule is COc1cc([C@@H]2c3sc(=O)n(CC(=O)Nc4ccc(C)cc4)c3SC3C(=O)N(c4ccc(Cl)cc4)C(=O)C32)ccc1O. The Morgan fingerprint density at radius 2 is 1.74 bits per heavy atom. The Morgan fingerprint density at radius 3 is 2.43 bits per heavy atom. The van der Waals surface area contributed by atoms with Gasteiger partial charge in [-0.25, -0.2) is 4.90 Å². The van der Waals surface area contributed by atoms with Crippen molar-refractivity contribution in [3.05, 3.63) is 97.4 Å². The fourth-order valence-corrected chi connectivity index (χ4v) is 8.23. The van der Waals surface area contributed by atoms with Crippen molar-refractivity contribution in [2.24, 2.45) is 5.92 Å². The van der Waals surface area contributed by atoms with Gasteiger partial charge in [-0.05, 0) is 61.0 Å². The molecule has 6 rings (SSSR count). The number of aryl methyl sites for hydroxylation is 1. The topological polar surface area (TPSA) is 118 Å². The number of carbonyl (C=O) groups is 3. The first-order chi connectivity index (χ1) is 20.2. The van der Waals surface area contributed by atoms with Crippen LogP contribution < -0.4 is 19.8 Å². The molecule has 1 aromatic heterocycles. The third-order valence-electron chi connectivity index (χ3n) is 7.33. The van der Waals surface area contributed by atoms with Gasteiger partial charge in [-0.1, -0.05) is 58.5 Å². The van der Waals surface area contributed by atoms with E-state index in [2.05, 4.69) is 5.32 Å². The minimum absolute atomic E-state index is 0.0849. The van der Waals surface area contributed by atoms with E-state index in [1.807, 2.05) is 19.1 Å². The summed E-state index contributed by atoms with van der Waals surface area (Å²) in [5, 5.41) is 13.1. The first-order valence-electron chi connectivity index (χ1n) is 12.9. The Balaban J connectivity index is 1.43. The summed E-state index contributed by atoms with van der Waals surface area (Å²) in [7, 11) is 1.41. The molecule has 2 aliphatic heterocycles. The summed E-state index contributed by atoms with van der Waals surface area (Å²) in [5.41, 5.74) is 2.63. The van der Waals surface area contributed by atoms with Gasteiger partial charge in [-0.15, -0.1) is 0 Å². The van der Waals surface area contributed by atoms with Crippen molar-refractivity contribution in [1.29, 1.82) is 0 Å². The molecular formula is C30H24ClN3O6S2. The van der Waals surface area contributed by atoms with Crippen LogP contribution in [0, 0.1) is 12.8 Å². The molecule has 0 saturated carbocycles. The number of anilines is 2. The largest absolute Gasteiger partial charge is 0.504 e. The number of phenols is 1. The number of benzene rings is 3. The molecule has 1 saturated heterocycles. The van der Waals surface area contributed by atoms with Crippen LogP contribution in [-0.2, 0) is 20.9 Å². The summed E-state index contributed by atoms with van der Waals surface area (Å²) < 4.78 is 6.68. The maximum absolute atomic E-state index is 14.0. The van der Waals surface area contributed by atoms with Gasteiger partial charge in [0, 0.05) is 21.5 Å². The highest BCUT2D eigenvalue weighted by atomic mass is 35.5. The zero-order chi connectivity index (χ0) is 29.7. The van der Waals surface area contributed by atoms with Gasteiger partial charge in [-0.3, -0.25) is 23.7 Å². The van der Waals surface area contributed by atoms with Gasteiger partial charge in [0.25, 0.3) is 0 Å².